The molecule has 2 atom stereocenters. The van der Waals surface area contributed by atoms with Crippen molar-refractivity contribution in [2.24, 2.45) is 5.92 Å². The molecule has 0 radical (unpaired) electrons. The number of nitrogens with zero attached hydrogens (tertiary/aromatic N) is 3. The highest BCUT2D eigenvalue weighted by molar-refractivity contribution is 5.75. The highest BCUT2D eigenvalue weighted by Crippen LogP contribution is 2.23. The van der Waals surface area contributed by atoms with E-state index in [0.717, 1.165) is 43.4 Å². The number of aliphatic hydroxyl groups excluding tert-OH is 1. The van der Waals surface area contributed by atoms with E-state index >= 15 is 0 Å². The van der Waals surface area contributed by atoms with E-state index < -0.39 is 0 Å². The van der Waals surface area contributed by atoms with Crippen molar-refractivity contribution in [2.75, 3.05) is 6.54 Å². The molecule has 3 rings (SSSR count). The van der Waals surface area contributed by atoms with Crippen LogP contribution in [0, 0.1) is 5.92 Å². The molecule has 0 unspecified atom stereocenters. The van der Waals surface area contributed by atoms with Gasteiger partial charge in [0.2, 0.25) is 0 Å². The van der Waals surface area contributed by atoms with E-state index in [0.29, 0.717) is 12.0 Å². The van der Waals surface area contributed by atoms with Gasteiger partial charge in [0.05, 0.1) is 12.3 Å². The average molecular weight is 302 g/mol. The molecule has 2 aromatic rings. The normalized spacial score (nSPS) is 22.5. The third-order valence-electron chi connectivity index (χ3n) is 4.58. The molecule has 1 aliphatic carbocycles. The fourth-order valence-electron chi connectivity index (χ4n) is 3.29. The van der Waals surface area contributed by atoms with Gasteiger partial charge in [0.25, 0.3) is 0 Å². The number of aliphatic hydroxyl groups is 1. The summed E-state index contributed by atoms with van der Waals surface area (Å²) >= 11 is 0. The van der Waals surface area contributed by atoms with Crippen molar-refractivity contribution >= 4 is 11.0 Å². The lowest BCUT2D eigenvalue weighted by Crippen LogP contribution is -2.33. The molecule has 0 amide bonds. The Bertz CT molecular complexity index is 622. The van der Waals surface area contributed by atoms with E-state index in [9.17, 15) is 5.11 Å². The third-order valence-corrected chi connectivity index (χ3v) is 4.58. The minimum Gasteiger partial charge on any atom is -0.393 e. The maximum atomic E-state index is 10.00. The highest BCUT2D eigenvalue weighted by Gasteiger charge is 2.22. The predicted octanol–water partition coefficient (Wildman–Crippen LogP) is 2.65. The summed E-state index contributed by atoms with van der Waals surface area (Å²) in [5.74, 6) is 0.397. The largest absolute Gasteiger partial charge is 0.393 e. The molecule has 5 nitrogen and oxygen atoms in total. The second-order valence-electron chi connectivity index (χ2n) is 6.68. The minimum atomic E-state index is -0.133. The van der Waals surface area contributed by atoms with E-state index in [2.05, 4.69) is 35.3 Å². The van der Waals surface area contributed by atoms with Gasteiger partial charge in [-0.25, -0.2) is 9.67 Å². The lowest BCUT2D eigenvalue weighted by Gasteiger charge is -2.27. The molecule has 0 spiro atoms. The summed E-state index contributed by atoms with van der Waals surface area (Å²) in [6.45, 7) is 5.89. The standard InChI is InChI=1S/C17H26N4O/c1-12(2)21-17-15(11-20-21)7-13(9-19-17)8-18-10-14-5-3-4-6-16(14)22/h7,9,11-12,14,16,18,22H,3-6,8,10H2,1-2H3/t14-,16+/m0/s1. The van der Waals surface area contributed by atoms with E-state index in [1.165, 1.54) is 12.0 Å². The zero-order valence-electron chi connectivity index (χ0n) is 13.5. The summed E-state index contributed by atoms with van der Waals surface area (Å²) in [7, 11) is 0. The summed E-state index contributed by atoms with van der Waals surface area (Å²) in [6.07, 6.45) is 8.17. The number of fused-ring (bicyclic) bond motifs is 1. The number of hydrogen-bond donors (Lipinski definition) is 2. The lowest BCUT2D eigenvalue weighted by atomic mass is 9.86. The van der Waals surface area contributed by atoms with Crippen molar-refractivity contribution < 1.29 is 5.11 Å². The Labute approximate surface area is 131 Å². The minimum absolute atomic E-state index is 0.133. The fourth-order valence-corrected chi connectivity index (χ4v) is 3.29. The first-order valence-electron chi connectivity index (χ1n) is 8.36. The summed E-state index contributed by atoms with van der Waals surface area (Å²) < 4.78 is 1.95. The van der Waals surface area contributed by atoms with Gasteiger partial charge in [0.1, 0.15) is 0 Å². The van der Waals surface area contributed by atoms with Crippen molar-refractivity contribution in [3.05, 3.63) is 24.0 Å². The first kappa shape index (κ1) is 15.4. The van der Waals surface area contributed by atoms with Gasteiger partial charge in [-0.1, -0.05) is 12.8 Å². The van der Waals surface area contributed by atoms with Crippen LogP contribution in [0.25, 0.3) is 11.0 Å². The molecule has 0 aromatic carbocycles. The van der Waals surface area contributed by atoms with Crippen LogP contribution in [0.15, 0.2) is 18.5 Å². The SMILES string of the molecule is CC(C)n1ncc2cc(CNC[C@@H]3CCCC[C@H]3O)cnc21. The Balaban J connectivity index is 1.60. The Kier molecular flexibility index (Phi) is 4.74. The Hall–Kier alpha value is -1.46. The van der Waals surface area contributed by atoms with Crippen LogP contribution in [0.5, 0.6) is 0 Å². The van der Waals surface area contributed by atoms with Crippen LogP contribution >= 0.6 is 0 Å². The van der Waals surface area contributed by atoms with Crippen molar-refractivity contribution in [2.45, 2.75) is 58.2 Å². The van der Waals surface area contributed by atoms with E-state index in [1.54, 1.807) is 0 Å². The Morgan fingerprint density at radius 2 is 2.14 bits per heavy atom. The molecule has 2 N–H and O–H groups in total. The molecule has 1 saturated carbocycles. The molecule has 120 valence electrons. The first-order valence-corrected chi connectivity index (χ1v) is 8.36. The van der Waals surface area contributed by atoms with E-state index in [-0.39, 0.29) is 6.10 Å². The number of nitrogens with one attached hydrogen (secondary N) is 1. The second kappa shape index (κ2) is 6.75. The van der Waals surface area contributed by atoms with Crippen molar-refractivity contribution in [1.82, 2.24) is 20.1 Å². The summed E-state index contributed by atoms with van der Waals surface area (Å²) in [5.41, 5.74) is 2.11. The number of pyridine rings is 1. The number of rotatable bonds is 5. The monoisotopic (exact) mass is 302 g/mol. The molecule has 2 heterocycles. The number of hydrogen-bond acceptors (Lipinski definition) is 4. The summed E-state index contributed by atoms with van der Waals surface area (Å²) in [4.78, 5) is 4.55. The van der Waals surface area contributed by atoms with E-state index in [1.807, 2.05) is 17.1 Å². The Morgan fingerprint density at radius 3 is 2.91 bits per heavy atom. The molecule has 0 aliphatic heterocycles. The summed E-state index contributed by atoms with van der Waals surface area (Å²) in [6, 6.07) is 2.47. The van der Waals surface area contributed by atoms with Crippen LogP contribution in [-0.4, -0.2) is 32.5 Å². The molecule has 1 fully saturated rings. The highest BCUT2D eigenvalue weighted by atomic mass is 16.3. The first-order chi connectivity index (χ1) is 10.6. The van der Waals surface area contributed by atoms with Gasteiger partial charge >= 0.3 is 0 Å². The molecule has 22 heavy (non-hydrogen) atoms. The van der Waals surface area contributed by atoms with Gasteiger partial charge < -0.3 is 10.4 Å². The molecular weight excluding hydrogens is 276 g/mol. The smallest absolute Gasteiger partial charge is 0.157 e. The fraction of sp³-hybridized carbons (Fsp3) is 0.647. The van der Waals surface area contributed by atoms with Crippen molar-refractivity contribution in [1.29, 1.82) is 0 Å². The van der Waals surface area contributed by atoms with Gasteiger partial charge in [-0.2, -0.15) is 5.10 Å². The zero-order valence-corrected chi connectivity index (χ0v) is 13.5. The molecule has 1 aliphatic rings. The van der Waals surface area contributed by atoms with Crippen LogP contribution in [0.3, 0.4) is 0 Å². The van der Waals surface area contributed by atoms with Crippen LogP contribution in [0.1, 0.15) is 51.1 Å². The van der Waals surface area contributed by atoms with Crippen LogP contribution in [-0.2, 0) is 6.54 Å². The number of aromatic nitrogens is 3. The van der Waals surface area contributed by atoms with Gasteiger partial charge in [-0.05, 0) is 44.2 Å². The second-order valence-corrected chi connectivity index (χ2v) is 6.68. The molecule has 0 saturated heterocycles. The van der Waals surface area contributed by atoms with E-state index in [4.69, 9.17) is 0 Å². The van der Waals surface area contributed by atoms with Gasteiger partial charge in [-0.15, -0.1) is 0 Å². The molecule has 0 bridgehead atoms. The van der Waals surface area contributed by atoms with Crippen molar-refractivity contribution in [3.63, 3.8) is 0 Å². The van der Waals surface area contributed by atoms with Crippen LogP contribution in [0.4, 0.5) is 0 Å². The predicted molar refractivity (Wildman–Crippen MR) is 87.6 cm³/mol. The van der Waals surface area contributed by atoms with Gasteiger partial charge in [-0.3, -0.25) is 0 Å². The lowest BCUT2D eigenvalue weighted by molar-refractivity contribution is 0.0695. The van der Waals surface area contributed by atoms with Crippen LogP contribution < -0.4 is 5.32 Å². The average Bonchev–Trinajstić information content (AvgIpc) is 2.92. The third kappa shape index (κ3) is 3.31. The van der Waals surface area contributed by atoms with Gasteiger partial charge in [0.15, 0.2) is 5.65 Å². The molecule has 2 aromatic heterocycles. The summed E-state index contributed by atoms with van der Waals surface area (Å²) in [5, 5.41) is 19.0. The quantitative estimate of drug-likeness (QED) is 0.891. The molecular formula is C17H26N4O. The van der Waals surface area contributed by atoms with Crippen LogP contribution in [0.2, 0.25) is 0 Å². The maximum Gasteiger partial charge on any atom is 0.157 e. The molecule has 5 heteroatoms. The topological polar surface area (TPSA) is 63.0 Å². The maximum absolute atomic E-state index is 10.00. The van der Waals surface area contributed by atoms with Crippen molar-refractivity contribution in [3.8, 4) is 0 Å². The van der Waals surface area contributed by atoms with Gasteiger partial charge in [0, 0.05) is 30.7 Å². The Morgan fingerprint density at radius 1 is 1.32 bits per heavy atom. The zero-order chi connectivity index (χ0) is 15.5.